The van der Waals surface area contributed by atoms with E-state index in [1.807, 2.05) is 0 Å². The van der Waals surface area contributed by atoms with E-state index >= 15 is 0 Å². The largest absolute Gasteiger partial charge is 0.381 e. The minimum absolute atomic E-state index is 0.119. The van der Waals surface area contributed by atoms with Crippen molar-refractivity contribution in [1.29, 1.82) is 0 Å². The second kappa shape index (κ2) is 6.53. The highest BCUT2D eigenvalue weighted by Crippen LogP contribution is 2.29. The Bertz CT molecular complexity index is 277. The number of hydrogen-bond acceptors (Lipinski definition) is 3. The molecule has 0 aromatic heterocycles. The first-order chi connectivity index (χ1) is 8.66. The fourth-order valence-corrected chi connectivity index (χ4v) is 3.06. The second-order valence-corrected chi connectivity index (χ2v) is 5.97. The number of nitrogens with one attached hydrogen (secondary N) is 1. The van der Waals surface area contributed by atoms with Crippen molar-refractivity contribution in [3.63, 3.8) is 0 Å². The van der Waals surface area contributed by atoms with Gasteiger partial charge in [0, 0.05) is 31.7 Å². The molecule has 0 bridgehead atoms. The second-order valence-electron chi connectivity index (χ2n) is 5.97. The van der Waals surface area contributed by atoms with Gasteiger partial charge in [-0.3, -0.25) is 4.79 Å². The molecule has 1 heterocycles. The number of nitrogens with two attached hydrogens (primary N) is 1. The van der Waals surface area contributed by atoms with Crippen LogP contribution in [0, 0.1) is 17.8 Å². The van der Waals surface area contributed by atoms with E-state index in [1.165, 1.54) is 0 Å². The van der Waals surface area contributed by atoms with Crippen molar-refractivity contribution in [1.82, 2.24) is 5.32 Å². The maximum Gasteiger partial charge on any atom is 0.223 e. The van der Waals surface area contributed by atoms with E-state index in [9.17, 15) is 4.79 Å². The van der Waals surface area contributed by atoms with Crippen LogP contribution in [-0.4, -0.2) is 31.7 Å². The van der Waals surface area contributed by atoms with Crippen molar-refractivity contribution in [2.45, 2.75) is 45.1 Å². The Morgan fingerprint density at radius 1 is 1.39 bits per heavy atom. The molecule has 0 spiro atoms. The lowest BCUT2D eigenvalue weighted by atomic mass is 9.77. The molecule has 18 heavy (non-hydrogen) atoms. The molecule has 3 N–H and O–H groups in total. The molecule has 0 aromatic rings. The first-order valence-electron chi connectivity index (χ1n) is 7.28. The van der Waals surface area contributed by atoms with Crippen LogP contribution in [0.1, 0.15) is 39.0 Å². The lowest BCUT2D eigenvalue weighted by Gasteiger charge is -2.31. The standard InChI is InChI=1S/C14H26N2O2/c1-10-2-3-12(15)8-13(10)14(17)16-6-4-11-5-7-18-9-11/h10-13H,2-9,15H2,1H3,(H,16,17). The molecule has 1 aliphatic carbocycles. The Morgan fingerprint density at radius 2 is 2.22 bits per heavy atom. The Morgan fingerprint density at radius 3 is 2.94 bits per heavy atom. The van der Waals surface area contributed by atoms with Gasteiger partial charge < -0.3 is 15.8 Å². The predicted molar refractivity (Wildman–Crippen MR) is 71.0 cm³/mol. The van der Waals surface area contributed by atoms with Crippen LogP contribution >= 0.6 is 0 Å². The van der Waals surface area contributed by atoms with Crippen molar-refractivity contribution < 1.29 is 9.53 Å². The van der Waals surface area contributed by atoms with Crippen LogP contribution in [0.3, 0.4) is 0 Å². The number of hydrogen-bond donors (Lipinski definition) is 2. The van der Waals surface area contributed by atoms with E-state index in [0.29, 0.717) is 11.8 Å². The normalized spacial score (nSPS) is 36.6. The van der Waals surface area contributed by atoms with E-state index < -0.39 is 0 Å². The molecule has 0 radical (unpaired) electrons. The number of carbonyl (C=O) groups excluding carboxylic acids is 1. The Balaban J connectivity index is 1.69. The molecule has 4 heteroatoms. The molecule has 1 amide bonds. The maximum atomic E-state index is 12.1. The van der Waals surface area contributed by atoms with Gasteiger partial charge in [0.2, 0.25) is 5.91 Å². The summed E-state index contributed by atoms with van der Waals surface area (Å²) in [5.74, 6) is 1.43. The number of carbonyl (C=O) groups is 1. The first-order valence-corrected chi connectivity index (χ1v) is 7.28. The fraction of sp³-hybridized carbons (Fsp3) is 0.929. The molecule has 104 valence electrons. The van der Waals surface area contributed by atoms with Gasteiger partial charge in [0.15, 0.2) is 0 Å². The summed E-state index contributed by atoms with van der Waals surface area (Å²) in [5, 5.41) is 3.08. The summed E-state index contributed by atoms with van der Waals surface area (Å²) in [5.41, 5.74) is 5.96. The van der Waals surface area contributed by atoms with Crippen molar-refractivity contribution in [3.05, 3.63) is 0 Å². The average molecular weight is 254 g/mol. The molecule has 1 aliphatic heterocycles. The minimum atomic E-state index is 0.119. The number of rotatable bonds is 4. The van der Waals surface area contributed by atoms with E-state index in [-0.39, 0.29) is 17.9 Å². The van der Waals surface area contributed by atoms with Gasteiger partial charge in [-0.05, 0) is 43.9 Å². The topological polar surface area (TPSA) is 64.4 Å². The van der Waals surface area contributed by atoms with E-state index in [0.717, 1.165) is 51.9 Å². The molecule has 1 saturated carbocycles. The summed E-state index contributed by atoms with van der Waals surface area (Å²) < 4.78 is 5.33. The number of ether oxygens (including phenoxy) is 1. The summed E-state index contributed by atoms with van der Waals surface area (Å²) >= 11 is 0. The third-order valence-corrected chi connectivity index (χ3v) is 4.45. The summed E-state index contributed by atoms with van der Waals surface area (Å²) in [7, 11) is 0. The average Bonchev–Trinajstić information content (AvgIpc) is 2.85. The van der Waals surface area contributed by atoms with Gasteiger partial charge in [0.1, 0.15) is 0 Å². The van der Waals surface area contributed by atoms with Crippen LogP contribution < -0.4 is 11.1 Å². The van der Waals surface area contributed by atoms with Gasteiger partial charge in [-0.1, -0.05) is 6.92 Å². The van der Waals surface area contributed by atoms with Gasteiger partial charge in [0.05, 0.1) is 0 Å². The molecule has 4 nitrogen and oxygen atoms in total. The SMILES string of the molecule is CC1CCC(N)CC1C(=O)NCCC1CCOC1. The predicted octanol–water partition coefficient (Wildman–Crippen LogP) is 1.29. The molecule has 0 aromatic carbocycles. The van der Waals surface area contributed by atoms with E-state index in [4.69, 9.17) is 10.5 Å². The van der Waals surface area contributed by atoms with Crippen LogP contribution in [0.25, 0.3) is 0 Å². The molecule has 4 atom stereocenters. The summed E-state index contributed by atoms with van der Waals surface area (Å²) in [4.78, 5) is 12.1. The molecular weight excluding hydrogens is 228 g/mol. The molecule has 2 fully saturated rings. The third-order valence-electron chi connectivity index (χ3n) is 4.45. The van der Waals surface area contributed by atoms with Gasteiger partial charge >= 0.3 is 0 Å². The molecular formula is C14H26N2O2. The highest BCUT2D eigenvalue weighted by molar-refractivity contribution is 5.79. The molecule has 4 unspecified atom stereocenters. The fourth-order valence-electron chi connectivity index (χ4n) is 3.06. The van der Waals surface area contributed by atoms with Crippen molar-refractivity contribution in [2.75, 3.05) is 19.8 Å². The third kappa shape index (κ3) is 3.69. The summed E-state index contributed by atoms with van der Waals surface area (Å²) in [6.45, 7) is 4.69. The Labute approximate surface area is 110 Å². The maximum absolute atomic E-state index is 12.1. The van der Waals surface area contributed by atoms with Gasteiger partial charge in [-0.25, -0.2) is 0 Å². The highest BCUT2D eigenvalue weighted by Gasteiger charge is 2.31. The summed E-state index contributed by atoms with van der Waals surface area (Å²) in [6.07, 6.45) is 5.17. The zero-order valence-electron chi connectivity index (χ0n) is 11.4. The van der Waals surface area contributed by atoms with Crippen LogP contribution in [0.5, 0.6) is 0 Å². The van der Waals surface area contributed by atoms with Crippen LogP contribution in [0.4, 0.5) is 0 Å². The lowest BCUT2D eigenvalue weighted by Crippen LogP contribution is -2.42. The zero-order chi connectivity index (χ0) is 13.0. The van der Waals surface area contributed by atoms with Crippen LogP contribution in [0.15, 0.2) is 0 Å². The van der Waals surface area contributed by atoms with Crippen molar-refractivity contribution in [2.24, 2.45) is 23.5 Å². The van der Waals surface area contributed by atoms with E-state index in [1.54, 1.807) is 0 Å². The first kappa shape index (κ1) is 13.8. The Hall–Kier alpha value is -0.610. The number of amides is 1. The van der Waals surface area contributed by atoms with Gasteiger partial charge in [-0.15, -0.1) is 0 Å². The highest BCUT2D eigenvalue weighted by atomic mass is 16.5. The lowest BCUT2D eigenvalue weighted by molar-refractivity contribution is -0.127. The molecule has 2 rings (SSSR count). The van der Waals surface area contributed by atoms with Gasteiger partial charge in [0.25, 0.3) is 0 Å². The zero-order valence-corrected chi connectivity index (χ0v) is 11.4. The summed E-state index contributed by atoms with van der Waals surface area (Å²) in [6, 6.07) is 0.209. The van der Waals surface area contributed by atoms with Crippen molar-refractivity contribution >= 4 is 5.91 Å². The van der Waals surface area contributed by atoms with Gasteiger partial charge in [-0.2, -0.15) is 0 Å². The molecule has 2 aliphatic rings. The quantitative estimate of drug-likeness (QED) is 0.794. The van der Waals surface area contributed by atoms with Crippen molar-refractivity contribution in [3.8, 4) is 0 Å². The smallest absolute Gasteiger partial charge is 0.223 e. The van der Waals surface area contributed by atoms with Crippen LogP contribution in [0.2, 0.25) is 0 Å². The minimum Gasteiger partial charge on any atom is -0.381 e. The molecule has 1 saturated heterocycles. The Kier molecular flexibility index (Phi) is 5.01. The monoisotopic (exact) mass is 254 g/mol. The van der Waals surface area contributed by atoms with Crippen LogP contribution in [-0.2, 0) is 9.53 Å². The van der Waals surface area contributed by atoms with E-state index in [2.05, 4.69) is 12.2 Å².